The molecule has 21 heavy (non-hydrogen) atoms. The van der Waals surface area contributed by atoms with E-state index in [1.807, 2.05) is 12.1 Å². The summed E-state index contributed by atoms with van der Waals surface area (Å²) in [4.78, 5) is 0. The molecule has 2 aromatic carbocycles. The fourth-order valence-corrected chi connectivity index (χ4v) is 3.63. The number of halogens is 2. The van der Waals surface area contributed by atoms with Crippen LogP contribution in [-0.2, 0) is 18.0 Å². The molecule has 2 aromatic rings. The summed E-state index contributed by atoms with van der Waals surface area (Å²) >= 11 is 9.72. The normalized spacial score (nSPS) is 15.0. The van der Waals surface area contributed by atoms with Gasteiger partial charge in [-0.05, 0) is 47.0 Å². The first-order valence-corrected chi connectivity index (χ1v) is 8.23. The van der Waals surface area contributed by atoms with Crippen molar-refractivity contribution >= 4 is 27.5 Å². The SMILES string of the molecule is CCNC(c1cc(Cl)cc(Br)c1)c1ccc2c(c1)COC2. The topological polar surface area (TPSA) is 21.3 Å². The van der Waals surface area contributed by atoms with E-state index in [2.05, 4.69) is 52.4 Å². The molecule has 1 N–H and O–H groups in total. The average Bonchev–Trinajstić information content (AvgIpc) is 2.91. The van der Waals surface area contributed by atoms with Crippen LogP contribution in [0.15, 0.2) is 40.9 Å². The van der Waals surface area contributed by atoms with Gasteiger partial charge in [-0.25, -0.2) is 0 Å². The maximum Gasteiger partial charge on any atom is 0.0725 e. The van der Waals surface area contributed by atoms with Crippen molar-refractivity contribution in [3.63, 3.8) is 0 Å². The summed E-state index contributed by atoms with van der Waals surface area (Å²) < 4.78 is 6.50. The lowest BCUT2D eigenvalue weighted by Gasteiger charge is -2.20. The van der Waals surface area contributed by atoms with Gasteiger partial charge in [0.15, 0.2) is 0 Å². The number of rotatable bonds is 4. The molecule has 1 unspecified atom stereocenters. The monoisotopic (exact) mass is 365 g/mol. The largest absolute Gasteiger partial charge is 0.372 e. The molecule has 0 aliphatic carbocycles. The quantitative estimate of drug-likeness (QED) is 0.836. The summed E-state index contributed by atoms with van der Waals surface area (Å²) in [5, 5.41) is 4.28. The number of benzene rings is 2. The molecule has 0 aromatic heterocycles. The van der Waals surface area contributed by atoms with Gasteiger partial charge in [0.1, 0.15) is 0 Å². The molecule has 0 fully saturated rings. The lowest BCUT2D eigenvalue weighted by atomic mass is 9.95. The van der Waals surface area contributed by atoms with Gasteiger partial charge in [-0.2, -0.15) is 0 Å². The maximum absolute atomic E-state index is 6.20. The van der Waals surface area contributed by atoms with Gasteiger partial charge in [0.2, 0.25) is 0 Å². The van der Waals surface area contributed by atoms with E-state index < -0.39 is 0 Å². The minimum atomic E-state index is 0.135. The van der Waals surface area contributed by atoms with E-state index in [1.54, 1.807) is 0 Å². The third kappa shape index (κ3) is 3.32. The molecular weight excluding hydrogens is 350 g/mol. The highest BCUT2D eigenvalue weighted by Crippen LogP contribution is 2.30. The molecular formula is C17H17BrClNO. The van der Waals surface area contributed by atoms with E-state index >= 15 is 0 Å². The molecule has 3 rings (SSSR count). The first-order valence-electron chi connectivity index (χ1n) is 7.06. The molecule has 110 valence electrons. The van der Waals surface area contributed by atoms with Crippen molar-refractivity contribution in [3.8, 4) is 0 Å². The van der Waals surface area contributed by atoms with Crippen LogP contribution < -0.4 is 5.32 Å². The minimum Gasteiger partial charge on any atom is -0.372 e. The van der Waals surface area contributed by atoms with Crippen LogP contribution in [-0.4, -0.2) is 6.54 Å². The lowest BCUT2D eigenvalue weighted by molar-refractivity contribution is 0.134. The Morgan fingerprint density at radius 3 is 2.71 bits per heavy atom. The van der Waals surface area contributed by atoms with Crippen LogP contribution in [0, 0.1) is 0 Å². The summed E-state index contributed by atoms with van der Waals surface area (Å²) in [7, 11) is 0. The first kappa shape index (κ1) is 15.0. The predicted octanol–water partition coefficient (Wildman–Crippen LogP) is 4.83. The smallest absolute Gasteiger partial charge is 0.0725 e. The molecule has 1 heterocycles. The Hall–Kier alpha value is -0.870. The van der Waals surface area contributed by atoms with Gasteiger partial charge >= 0.3 is 0 Å². The number of hydrogen-bond donors (Lipinski definition) is 1. The van der Waals surface area contributed by atoms with Crippen LogP contribution in [0.3, 0.4) is 0 Å². The Labute approximate surface area is 138 Å². The zero-order valence-corrected chi connectivity index (χ0v) is 14.2. The highest BCUT2D eigenvalue weighted by atomic mass is 79.9. The molecule has 2 nitrogen and oxygen atoms in total. The summed E-state index contributed by atoms with van der Waals surface area (Å²) in [6, 6.07) is 12.8. The maximum atomic E-state index is 6.20. The zero-order chi connectivity index (χ0) is 14.8. The molecule has 0 amide bonds. The second-order valence-corrected chi connectivity index (χ2v) is 6.57. The van der Waals surface area contributed by atoms with Gasteiger partial charge in [-0.1, -0.05) is 52.7 Å². The van der Waals surface area contributed by atoms with E-state index in [-0.39, 0.29) is 6.04 Å². The number of fused-ring (bicyclic) bond motifs is 1. The fraction of sp³-hybridized carbons (Fsp3) is 0.294. The molecule has 1 aliphatic heterocycles. The second kappa shape index (κ2) is 6.49. The second-order valence-electron chi connectivity index (χ2n) is 5.21. The number of hydrogen-bond acceptors (Lipinski definition) is 2. The molecule has 0 spiro atoms. The zero-order valence-electron chi connectivity index (χ0n) is 11.8. The summed E-state index contributed by atoms with van der Waals surface area (Å²) in [6.45, 7) is 4.44. The third-order valence-corrected chi connectivity index (χ3v) is 4.38. The standard InChI is InChI=1S/C17H17BrClNO/c1-2-20-17(13-6-15(18)8-16(19)7-13)11-3-4-12-9-21-10-14(12)5-11/h3-8,17,20H,2,9-10H2,1H3. The number of nitrogens with one attached hydrogen (secondary N) is 1. The molecule has 0 radical (unpaired) electrons. The van der Waals surface area contributed by atoms with Gasteiger partial charge in [-0.3, -0.25) is 0 Å². The van der Waals surface area contributed by atoms with Crippen LogP contribution in [0.4, 0.5) is 0 Å². The highest BCUT2D eigenvalue weighted by Gasteiger charge is 2.18. The van der Waals surface area contributed by atoms with E-state index in [0.717, 1.165) is 28.2 Å². The van der Waals surface area contributed by atoms with Gasteiger partial charge < -0.3 is 10.1 Å². The minimum absolute atomic E-state index is 0.135. The van der Waals surface area contributed by atoms with Crippen LogP contribution >= 0.6 is 27.5 Å². The van der Waals surface area contributed by atoms with E-state index in [0.29, 0.717) is 6.61 Å². The molecule has 4 heteroatoms. The summed E-state index contributed by atoms with van der Waals surface area (Å²) in [6.07, 6.45) is 0. The van der Waals surface area contributed by atoms with Crippen molar-refractivity contribution in [1.82, 2.24) is 5.32 Å². The Bertz CT molecular complexity index is 639. The molecule has 1 aliphatic rings. The van der Waals surface area contributed by atoms with Crippen molar-refractivity contribution in [1.29, 1.82) is 0 Å². The van der Waals surface area contributed by atoms with Gasteiger partial charge in [0.05, 0.1) is 19.3 Å². The van der Waals surface area contributed by atoms with E-state index in [4.69, 9.17) is 16.3 Å². The van der Waals surface area contributed by atoms with Crippen LogP contribution in [0.2, 0.25) is 5.02 Å². The predicted molar refractivity (Wildman–Crippen MR) is 89.6 cm³/mol. The third-order valence-electron chi connectivity index (χ3n) is 3.71. The molecule has 0 saturated carbocycles. The Kier molecular flexibility index (Phi) is 4.65. The Balaban J connectivity index is 2.01. The lowest BCUT2D eigenvalue weighted by Crippen LogP contribution is -2.22. The van der Waals surface area contributed by atoms with E-state index in [9.17, 15) is 0 Å². The van der Waals surface area contributed by atoms with Crippen LogP contribution in [0.1, 0.15) is 35.2 Å². The number of ether oxygens (including phenoxy) is 1. The summed E-state index contributed by atoms with van der Waals surface area (Å²) in [5.41, 5.74) is 4.99. The fourth-order valence-electron chi connectivity index (χ4n) is 2.75. The average molecular weight is 367 g/mol. The molecule has 0 saturated heterocycles. The Morgan fingerprint density at radius 1 is 1.14 bits per heavy atom. The van der Waals surface area contributed by atoms with Crippen molar-refractivity contribution < 1.29 is 4.74 Å². The molecule has 0 bridgehead atoms. The molecule has 1 atom stereocenters. The van der Waals surface area contributed by atoms with Crippen molar-refractivity contribution in [2.24, 2.45) is 0 Å². The highest BCUT2D eigenvalue weighted by molar-refractivity contribution is 9.10. The van der Waals surface area contributed by atoms with Crippen LogP contribution in [0.5, 0.6) is 0 Å². The Morgan fingerprint density at radius 2 is 1.95 bits per heavy atom. The van der Waals surface area contributed by atoms with Gasteiger partial charge in [0, 0.05) is 9.50 Å². The van der Waals surface area contributed by atoms with Crippen molar-refractivity contribution in [2.45, 2.75) is 26.2 Å². The first-order chi connectivity index (χ1) is 10.2. The van der Waals surface area contributed by atoms with E-state index in [1.165, 1.54) is 16.7 Å². The van der Waals surface area contributed by atoms with Crippen molar-refractivity contribution in [3.05, 3.63) is 68.1 Å². The van der Waals surface area contributed by atoms with Gasteiger partial charge in [0.25, 0.3) is 0 Å². The van der Waals surface area contributed by atoms with Crippen LogP contribution in [0.25, 0.3) is 0 Å². The van der Waals surface area contributed by atoms with Crippen molar-refractivity contribution in [2.75, 3.05) is 6.54 Å². The van der Waals surface area contributed by atoms with Gasteiger partial charge in [-0.15, -0.1) is 0 Å². The summed E-state index contributed by atoms with van der Waals surface area (Å²) in [5.74, 6) is 0.